The van der Waals surface area contributed by atoms with Crippen LogP contribution in [0.2, 0.25) is 0 Å². The van der Waals surface area contributed by atoms with Crippen molar-refractivity contribution in [2.45, 2.75) is 32.4 Å². The zero-order valence-electron chi connectivity index (χ0n) is 13.6. The number of nitrogens with one attached hydrogen (secondary N) is 1. The maximum Gasteiger partial charge on any atom is 0.325 e. The third-order valence-corrected chi connectivity index (χ3v) is 3.55. The number of carboxylic acid groups (broad SMARTS) is 1. The van der Waals surface area contributed by atoms with E-state index in [0.717, 1.165) is 5.56 Å². The summed E-state index contributed by atoms with van der Waals surface area (Å²) in [6.45, 7) is 3.07. The van der Waals surface area contributed by atoms with Crippen molar-refractivity contribution >= 4 is 11.9 Å². The topological polar surface area (TPSA) is 119 Å². The summed E-state index contributed by atoms with van der Waals surface area (Å²) in [7, 11) is 1.56. The lowest BCUT2D eigenvalue weighted by molar-refractivity contribution is -0.141. The molecular formula is C15H19N5O4. The van der Waals surface area contributed by atoms with Crippen LogP contribution in [0.3, 0.4) is 0 Å². The van der Waals surface area contributed by atoms with Crippen LogP contribution in [-0.2, 0) is 16.0 Å². The average Bonchev–Trinajstić information content (AvgIpc) is 2.98. The summed E-state index contributed by atoms with van der Waals surface area (Å²) < 4.78 is 6.56. The van der Waals surface area contributed by atoms with Crippen LogP contribution in [0.5, 0.6) is 5.75 Å². The van der Waals surface area contributed by atoms with Gasteiger partial charge in [-0.2, -0.15) is 0 Å². The fourth-order valence-electron chi connectivity index (χ4n) is 2.21. The standard InChI is InChI=1S/C15H19N5O4/c1-9(15(22)23)16-14(21)13(20-10(2)17-18-19-20)8-11-5-4-6-12(7-11)24-3/h4-7,9,13H,8H2,1-3H3,(H,16,21)(H,22,23)/t9-,13?/m1/s1. The van der Waals surface area contributed by atoms with E-state index in [9.17, 15) is 9.59 Å². The van der Waals surface area contributed by atoms with Gasteiger partial charge in [0, 0.05) is 6.42 Å². The molecule has 2 aromatic rings. The fourth-order valence-corrected chi connectivity index (χ4v) is 2.21. The van der Waals surface area contributed by atoms with Crippen molar-refractivity contribution in [3.63, 3.8) is 0 Å². The SMILES string of the molecule is COc1cccc(CC(C(=O)N[C@H](C)C(=O)O)n2nnnc2C)c1. The highest BCUT2D eigenvalue weighted by Crippen LogP contribution is 2.19. The number of carbonyl (C=O) groups excluding carboxylic acids is 1. The Balaban J connectivity index is 2.28. The normalized spacial score (nSPS) is 13.1. The van der Waals surface area contributed by atoms with Gasteiger partial charge in [-0.3, -0.25) is 9.59 Å². The van der Waals surface area contributed by atoms with Crippen LogP contribution in [0, 0.1) is 6.92 Å². The molecular weight excluding hydrogens is 314 g/mol. The van der Waals surface area contributed by atoms with Crippen LogP contribution < -0.4 is 10.1 Å². The Morgan fingerprint density at radius 1 is 1.42 bits per heavy atom. The Morgan fingerprint density at radius 3 is 2.75 bits per heavy atom. The molecule has 0 aliphatic carbocycles. The first-order chi connectivity index (χ1) is 11.4. The number of aromatic nitrogens is 4. The number of hydrogen-bond acceptors (Lipinski definition) is 6. The van der Waals surface area contributed by atoms with Gasteiger partial charge in [-0.1, -0.05) is 12.1 Å². The van der Waals surface area contributed by atoms with Gasteiger partial charge < -0.3 is 15.2 Å². The van der Waals surface area contributed by atoms with Crippen molar-refractivity contribution < 1.29 is 19.4 Å². The van der Waals surface area contributed by atoms with Crippen LogP contribution >= 0.6 is 0 Å². The molecule has 0 aliphatic rings. The maximum atomic E-state index is 12.5. The largest absolute Gasteiger partial charge is 0.497 e. The molecule has 2 atom stereocenters. The molecule has 1 heterocycles. The van der Waals surface area contributed by atoms with Gasteiger partial charge in [-0.05, 0) is 42.0 Å². The number of tetrazole rings is 1. The van der Waals surface area contributed by atoms with Crippen LogP contribution in [0.25, 0.3) is 0 Å². The van der Waals surface area contributed by atoms with Crippen molar-refractivity contribution in [2.24, 2.45) is 0 Å². The van der Waals surface area contributed by atoms with Gasteiger partial charge in [0.25, 0.3) is 0 Å². The number of hydrogen-bond donors (Lipinski definition) is 2. The number of amides is 1. The second kappa shape index (κ2) is 7.53. The van der Waals surface area contributed by atoms with Crippen molar-refractivity contribution in [1.82, 2.24) is 25.5 Å². The highest BCUT2D eigenvalue weighted by atomic mass is 16.5. The van der Waals surface area contributed by atoms with Gasteiger partial charge in [0.05, 0.1) is 7.11 Å². The van der Waals surface area contributed by atoms with Crippen LogP contribution in [-0.4, -0.2) is 50.3 Å². The maximum absolute atomic E-state index is 12.5. The third-order valence-electron chi connectivity index (χ3n) is 3.55. The summed E-state index contributed by atoms with van der Waals surface area (Å²) >= 11 is 0. The molecule has 9 nitrogen and oxygen atoms in total. The van der Waals surface area contributed by atoms with Gasteiger partial charge in [0.15, 0.2) is 0 Å². The first-order valence-corrected chi connectivity index (χ1v) is 7.33. The molecule has 1 amide bonds. The number of nitrogens with zero attached hydrogens (tertiary/aromatic N) is 4. The minimum atomic E-state index is -1.11. The van der Waals surface area contributed by atoms with Gasteiger partial charge in [-0.25, -0.2) is 4.68 Å². The van der Waals surface area contributed by atoms with Crippen molar-refractivity contribution in [2.75, 3.05) is 7.11 Å². The van der Waals surface area contributed by atoms with Gasteiger partial charge >= 0.3 is 5.97 Å². The summed E-state index contributed by atoms with van der Waals surface area (Å²) in [5.74, 6) is -0.458. The van der Waals surface area contributed by atoms with E-state index in [1.807, 2.05) is 12.1 Å². The lowest BCUT2D eigenvalue weighted by Crippen LogP contribution is -2.43. The number of rotatable bonds is 7. The summed E-state index contributed by atoms with van der Waals surface area (Å²) in [5, 5.41) is 22.6. The van der Waals surface area contributed by atoms with Crippen LogP contribution in [0.4, 0.5) is 0 Å². The number of ether oxygens (including phenoxy) is 1. The number of aliphatic carboxylic acids is 1. The first-order valence-electron chi connectivity index (χ1n) is 7.33. The molecule has 1 aromatic carbocycles. The van der Waals surface area contributed by atoms with E-state index >= 15 is 0 Å². The first kappa shape index (κ1) is 17.4. The Hall–Kier alpha value is -2.97. The second-order valence-electron chi connectivity index (χ2n) is 5.31. The Labute approximate surface area is 138 Å². The summed E-state index contributed by atoms with van der Waals surface area (Å²) in [4.78, 5) is 23.5. The predicted molar refractivity (Wildman–Crippen MR) is 83.5 cm³/mol. The van der Waals surface area contributed by atoms with Gasteiger partial charge in [-0.15, -0.1) is 5.10 Å². The number of methoxy groups -OCH3 is 1. The Kier molecular flexibility index (Phi) is 5.46. The minimum Gasteiger partial charge on any atom is -0.497 e. The monoisotopic (exact) mass is 333 g/mol. The molecule has 2 rings (SSSR count). The quantitative estimate of drug-likeness (QED) is 0.751. The Morgan fingerprint density at radius 2 is 2.17 bits per heavy atom. The van der Waals surface area contributed by atoms with E-state index in [4.69, 9.17) is 9.84 Å². The molecule has 1 aromatic heterocycles. The molecule has 9 heteroatoms. The molecule has 0 saturated carbocycles. The summed E-state index contributed by atoms with van der Waals surface area (Å²) in [5.41, 5.74) is 0.840. The number of aryl methyl sites for hydroxylation is 1. The molecule has 0 fully saturated rings. The zero-order valence-corrected chi connectivity index (χ0v) is 13.6. The molecule has 0 aliphatic heterocycles. The molecule has 0 saturated heterocycles. The van der Waals surface area contributed by atoms with Crippen LogP contribution in [0.15, 0.2) is 24.3 Å². The molecule has 2 N–H and O–H groups in total. The zero-order chi connectivity index (χ0) is 17.7. The van der Waals surface area contributed by atoms with E-state index in [-0.39, 0.29) is 0 Å². The predicted octanol–water partition coefficient (Wildman–Crippen LogP) is 0.363. The van der Waals surface area contributed by atoms with E-state index in [0.29, 0.717) is 18.0 Å². The highest BCUT2D eigenvalue weighted by Gasteiger charge is 2.27. The number of carboxylic acids is 1. The number of carbonyl (C=O) groups is 2. The summed E-state index contributed by atoms with van der Waals surface area (Å²) in [6.07, 6.45) is 0.293. The van der Waals surface area contributed by atoms with Gasteiger partial charge in [0.2, 0.25) is 5.91 Å². The fraction of sp³-hybridized carbons (Fsp3) is 0.400. The average molecular weight is 333 g/mol. The highest BCUT2D eigenvalue weighted by molar-refractivity contribution is 5.85. The second-order valence-corrected chi connectivity index (χ2v) is 5.31. The van der Waals surface area contributed by atoms with E-state index < -0.39 is 24.0 Å². The lowest BCUT2D eigenvalue weighted by atomic mass is 10.0. The van der Waals surface area contributed by atoms with Crippen molar-refractivity contribution in [1.29, 1.82) is 0 Å². The molecule has 128 valence electrons. The molecule has 0 radical (unpaired) electrons. The van der Waals surface area contributed by atoms with Gasteiger partial charge in [0.1, 0.15) is 23.7 Å². The van der Waals surface area contributed by atoms with Crippen molar-refractivity contribution in [3.8, 4) is 5.75 Å². The van der Waals surface area contributed by atoms with E-state index in [1.165, 1.54) is 11.6 Å². The summed E-state index contributed by atoms with van der Waals surface area (Å²) in [6, 6.07) is 5.49. The van der Waals surface area contributed by atoms with Crippen LogP contribution in [0.1, 0.15) is 24.4 Å². The minimum absolute atomic E-state index is 0.293. The van der Waals surface area contributed by atoms with E-state index in [2.05, 4.69) is 20.8 Å². The van der Waals surface area contributed by atoms with Crippen molar-refractivity contribution in [3.05, 3.63) is 35.7 Å². The molecule has 24 heavy (non-hydrogen) atoms. The smallest absolute Gasteiger partial charge is 0.325 e. The Bertz CT molecular complexity index is 730. The third kappa shape index (κ3) is 4.06. The lowest BCUT2D eigenvalue weighted by Gasteiger charge is -2.19. The molecule has 1 unspecified atom stereocenters. The molecule has 0 spiro atoms. The number of benzene rings is 1. The molecule has 0 bridgehead atoms. The van der Waals surface area contributed by atoms with E-state index in [1.54, 1.807) is 26.2 Å².